The molecule has 1 amide bonds. The van der Waals surface area contributed by atoms with Crippen LogP contribution in [0.25, 0.3) is 0 Å². The van der Waals surface area contributed by atoms with Crippen LogP contribution in [0.4, 0.5) is 0 Å². The maximum Gasteiger partial charge on any atom is 0.338 e. The van der Waals surface area contributed by atoms with E-state index in [0.717, 1.165) is 24.0 Å². The van der Waals surface area contributed by atoms with E-state index in [0.29, 0.717) is 159 Å². The van der Waals surface area contributed by atoms with Crippen LogP contribution in [0.1, 0.15) is 65.5 Å². The maximum atomic E-state index is 15.0. The van der Waals surface area contributed by atoms with E-state index in [4.69, 9.17) is 128 Å². The fourth-order valence-electron chi connectivity index (χ4n) is 9.45. The first kappa shape index (κ1) is 92.4. The minimum Gasteiger partial charge on any atom is -0.487 e. The number of hydrogen-bond donors (Lipinski definition) is 1. The number of nitrogens with one attached hydrogen (secondary N) is 1. The van der Waals surface area contributed by atoms with Crippen LogP contribution in [0.2, 0.25) is 0 Å². The van der Waals surface area contributed by atoms with Gasteiger partial charge in [0, 0.05) is 33.5 Å². The Kier molecular flexibility index (Phi) is 52.6. The summed E-state index contributed by atoms with van der Waals surface area (Å²) in [6.45, 7) is 16.6. The van der Waals surface area contributed by atoms with Crippen LogP contribution in [0.3, 0.4) is 0 Å². The second-order valence-corrected chi connectivity index (χ2v) is 24.4. The van der Waals surface area contributed by atoms with Gasteiger partial charge in [0.25, 0.3) is 5.91 Å². The molecular formula is C78H121NO29. The molecule has 1 heterocycles. The predicted octanol–water partition coefficient (Wildman–Crippen LogP) is 7.46. The number of amides is 1. The summed E-state index contributed by atoms with van der Waals surface area (Å²) in [7, 11) is 4.80. The highest BCUT2D eigenvalue weighted by atomic mass is 16.7. The van der Waals surface area contributed by atoms with Gasteiger partial charge >= 0.3 is 5.97 Å². The first-order valence-electron chi connectivity index (χ1n) is 37.2. The zero-order valence-corrected chi connectivity index (χ0v) is 64.5. The number of rotatable bonds is 72. The van der Waals surface area contributed by atoms with E-state index in [2.05, 4.69) is 12.2 Å². The quantitative estimate of drug-likeness (QED) is 0.0331. The van der Waals surface area contributed by atoms with Crippen molar-refractivity contribution >= 4 is 11.9 Å². The zero-order chi connectivity index (χ0) is 76.7. The Morgan fingerprint density at radius 3 is 0.944 bits per heavy atom. The lowest BCUT2D eigenvalue weighted by molar-refractivity contribution is -0.273. The molecular weight excluding hydrogens is 1410 g/mol. The third-order valence-electron chi connectivity index (χ3n) is 15.2. The Labute approximate surface area is 637 Å². The van der Waals surface area contributed by atoms with Gasteiger partial charge in [-0.25, -0.2) is 4.79 Å². The Bertz CT molecular complexity index is 2790. The summed E-state index contributed by atoms with van der Waals surface area (Å²) < 4.78 is 158. The van der Waals surface area contributed by atoms with Crippen LogP contribution in [-0.2, 0) is 113 Å². The van der Waals surface area contributed by atoms with Gasteiger partial charge in [0.1, 0.15) is 51.8 Å². The fourth-order valence-corrected chi connectivity index (χ4v) is 9.45. The molecule has 0 aliphatic carbocycles. The first-order valence-corrected chi connectivity index (χ1v) is 37.2. The van der Waals surface area contributed by atoms with Gasteiger partial charge in [-0.1, -0.05) is 74.0 Å². The molecule has 1 fully saturated rings. The molecule has 1 aliphatic heterocycles. The minimum atomic E-state index is -1.48. The molecule has 108 heavy (non-hydrogen) atoms. The van der Waals surface area contributed by atoms with Gasteiger partial charge in [-0.05, 0) is 55.7 Å². The number of carbonyl (C=O) groups is 2. The Morgan fingerprint density at radius 1 is 0.352 bits per heavy atom. The summed E-state index contributed by atoms with van der Waals surface area (Å²) in [6, 6.07) is 25.8. The molecule has 1 saturated heterocycles. The zero-order valence-electron chi connectivity index (χ0n) is 64.5. The number of unbranched alkanes of at least 4 members (excludes halogenated alkanes) is 1. The van der Waals surface area contributed by atoms with Crippen LogP contribution in [0.5, 0.6) is 34.5 Å². The minimum absolute atomic E-state index is 0.0115. The molecule has 1 aliphatic rings. The standard InChI is InChI=1S/C78H121NO29/c1-7-8-19-85-26-27-89-31-37-94-46-52-102-71-58-68(59-72(103-53-47-95-38-32-90-40-42-98-60-65-15-11-9-12-16-65)74(71)105-55-49-97-39-33-91-41-43-99-61-66-17-13-10-14-18-66)76(81)106-62-78(63-107-77(2,3)108-64-78)79-75(80)67-56-69(100-50-44-92-34-28-86-23-20-82-4)73(104-54-48-96-36-30-88-25-22-84-6)70(57-67)101-51-45-93-35-29-87-24-21-83-5/h9-18,56-59H,7-8,19-55,60-64H2,1-6H3,(H,79,80). The number of esters is 1. The molecule has 30 nitrogen and oxygen atoms in total. The van der Waals surface area contributed by atoms with E-state index in [1.807, 2.05) is 60.7 Å². The Balaban J connectivity index is 1.37. The topological polar surface area (TPSA) is 295 Å². The van der Waals surface area contributed by atoms with Crippen LogP contribution < -0.4 is 33.7 Å². The smallest absolute Gasteiger partial charge is 0.338 e. The molecule has 0 aromatic heterocycles. The van der Waals surface area contributed by atoms with Crippen LogP contribution in [0.15, 0.2) is 84.9 Å². The summed E-state index contributed by atoms with van der Waals surface area (Å²) in [5, 5.41) is 3.08. The second kappa shape index (κ2) is 61.5. The van der Waals surface area contributed by atoms with Gasteiger partial charge in [0.05, 0.1) is 230 Å². The van der Waals surface area contributed by atoms with E-state index in [-0.39, 0.29) is 158 Å². The van der Waals surface area contributed by atoms with Crippen molar-refractivity contribution in [3.8, 4) is 34.5 Å². The largest absolute Gasteiger partial charge is 0.487 e. The van der Waals surface area contributed by atoms with Crippen molar-refractivity contribution in [3.05, 3.63) is 107 Å². The van der Waals surface area contributed by atoms with Crippen LogP contribution in [-0.4, -0.2) is 309 Å². The summed E-state index contributed by atoms with van der Waals surface area (Å²) in [6.07, 6.45) is 2.04. The lowest BCUT2D eigenvalue weighted by Gasteiger charge is -2.43. The molecule has 0 unspecified atom stereocenters. The number of hydrogen-bond acceptors (Lipinski definition) is 29. The van der Waals surface area contributed by atoms with E-state index in [1.54, 1.807) is 35.2 Å². The van der Waals surface area contributed by atoms with Gasteiger partial charge in [-0.3, -0.25) is 4.79 Å². The van der Waals surface area contributed by atoms with E-state index >= 15 is 4.79 Å². The van der Waals surface area contributed by atoms with E-state index in [9.17, 15) is 4.79 Å². The van der Waals surface area contributed by atoms with Gasteiger partial charge in [0.2, 0.25) is 11.5 Å². The second-order valence-electron chi connectivity index (χ2n) is 24.4. The molecule has 1 N–H and O–H groups in total. The highest BCUT2D eigenvalue weighted by Crippen LogP contribution is 2.41. The molecule has 0 radical (unpaired) electrons. The van der Waals surface area contributed by atoms with Crippen LogP contribution >= 0.6 is 0 Å². The lowest BCUT2D eigenvalue weighted by Crippen LogP contribution is -2.63. The monoisotopic (exact) mass is 1540 g/mol. The Morgan fingerprint density at radius 2 is 0.630 bits per heavy atom. The number of benzene rings is 4. The molecule has 4 aromatic carbocycles. The average molecular weight is 1540 g/mol. The normalized spacial score (nSPS) is 13.2. The molecule has 612 valence electrons. The van der Waals surface area contributed by atoms with Crippen molar-refractivity contribution in [2.75, 3.05) is 286 Å². The average Bonchev–Trinajstić information content (AvgIpc) is 0.781. The van der Waals surface area contributed by atoms with Gasteiger partial charge in [-0.2, -0.15) is 0 Å². The number of ether oxygens (including phenoxy) is 27. The number of carbonyl (C=O) groups excluding carboxylic acids is 2. The maximum absolute atomic E-state index is 15.0. The van der Waals surface area contributed by atoms with Crippen molar-refractivity contribution in [1.29, 1.82) is 0 Å². The highest BCUT2D eigenvalue weighted by Gasteiger charge is 2.43. The van der Waals surface area contributed by atoms with Crippen molar-refractivity contribution in [1.82, 2.24) is 5.32 Å². The van der Waals surface area contributed by atoms with Gasteiger partial charge < -0.3 is 133 Å². The summed E-state index contributed by atoms with van der Waals surface area (Å²) in [5.41, 5.74) is 0.763. The SMILES string of the molecule is CCCCOCCOCCOCCOc1cc(C(=O)OCC2(NC(=O)c3cc(OCCOCCOCCOC)c(OCCOCCOCCOC)c(OCCOCCOCCOC)c3)COC(C)(C)OC2)cc(OCCOCCOCCOCc2ccccc2)c1OCCOCCOCCOCc1ccccc1. The lowest BCUT2D eigenvalue weighted by atomic mass is 10.00. The Hall–Kier alpha value is -6.18. The van der Waals surface area contributed by atoms with E-state index in [1.165, 1.54) is 24.3 Å². The molecule has 30 heteroatoms. The highest BCUT2D eigenvalue weighted by molar-refractivity contribution is 5.96. The molecule has 0 saturated carbocycles. The van der Waals surface area contributed by atoms with Crippen molar-refractivity contribution in [3.63, 3.8) is 0 Å². The molecule has 0 bridgehead atoms. The third kappa shape index (κ3) is 43.4. The van der Waals surface area contributed by atoms with Crippen molar-refractivity contribution in [2.45, 2.75) is 58.2 Å². The summed E-state index contributed by atoms with van der Waals surface area (Å²) >= 11 is 0. The van der Waals surface area contributed by atoms with Gasteiger partial charge in [-0.15, -0.1) is 0 Å². The van der Waals surface area contributed by atoms with Crippen molar-refractivity contribution < 1.29 is 137 Å². The predicted molar refractivity (Wildman–Crippen MR) is 396 cm³/mol. The molecule has 4 aromatic rings. The summed E-state index contributed by atoms with van der Waals surface area (Å²) in [5.74, 6) is -1.59. The molecule has 0 spiro atoms. The van der Waals surface area contributed by atoms with E-state index < -0.39 is 29.8 Å². The third-order valence-corrected chi connectivity index (χ3v) is 15.2. The van der Waals surface area contributed by atoms with Crippen LogP contribution in [0, 0.1) is 0 Å². The van der Waals surface area contributed by atoms with Gasteiger partial charge in [0.15, 0.2) is 28.8 Å². The molecule has 5 rings (SSSR count). The first-order chi connectivity index (χ1) is 53.1. The number of methoxy groups -OCH3 is 3. The fraction of sp³-hybridized carbons (Fsp3) is 0.667. The molecule has 0 atom stereocenters. The van der Waals surface area contributed by atoms with Crippen molar-refractivity contribution in [2.24, 2.45) is 0 Å². The summed E-state index contributed by atoms with van der Waals surface area (Å²) in [4.78, 5) is 29.8.